The highest BCUT2D eigenvalue weighted by Crippen LogP contribution is 2.29. The Morgan fingerprint density at radius 1 is 0.900 bits per heavy atom. The number of hydrogen-bond donors (Lipinski definition) is 1. The highest BCUT2D eigenvalue weighted by atomic mass is 16.5. The zero-order valence-electron chi connectivity index (χ0n) is 17.1. The standard InChI is InChI=1S/C25H27NO4/c27-23(20-12-11-17-6-3-8-19(17)15-20)13-14-25(29)30-16-24(28)26-22-10-4-7-18-5-1-2-9-21(18)22/h1-2,5,9,11-12,15,22H,3-4,6-8,10,13-14,16H2,(H,26,28)/t22-/m0/s1. The number of carbonyl (C=O) groups excluding carboxylic acids is 3. The Morgan fingerprint density at radius 2 is 1.70 bits per heavy atom. The van der Waals surface area contributed by atoms with Crippen LogP contribution in [-0.2, 0) is 33.6 Å². The number of rotatable bonds is 7. The molecule has 0 aromatic heterocycles. The van der Waals surface area contributed by atoms with Crippen molar-refractivity contribution in [2.75, 3.05) is 6.61 Å². The monoisotopic (exact) mass is 405 g/mol. The molecule has 5 heteroatoms. The molecule has 5 nitrogen and oxygen atoms in total. The first-order valence-corrected chi connectivity index (χ1v) is 10.8. The highest BCUT2D eigenvalue weighted by molar-refractivity contribution is 5.98. The lowest BCUT2D eigenvalue weighted by molar-refractivity contribution is -0.148. The maximum absolute atomic E-state index is 12.4. The molecule has 0 fully saturated rings. The minimum atomic E-state index is -0.524. The first kappa shape index (κ1) is 20.3. The van der Waals surface area contributed by atoms with Crippen molar-refractivity contribution in [1.29, 1.82) is 0 Å². The number of nitrogens with one attached hydrogen (secondary N) is 1. The summed E-state index contributed by atoms with van der Waals surface area (Å²) in [5.74, 6) is -0.899. The van der Waals surface area contributed by atoms with Gasteiger partial charge < -0.3 is 10.1 Å². The molecule has 2 aromatic carbocycles. The summed E-state index contributed by atoms with van der Waals surface area (Å²) in [5.41, 5.74) is 5.61. The molecule has 1 N–H and O–H groups in total. The molecule has 1 atom stereocenters. The number of fused-ring (bicyclic) bond motifs is 2. The number of ether oxygens (including phenoxy) is 1. The van der Waals surface area contributed by atoms with E-state index in [0.29, 0.717) is 5.56 Å². The molecule has 30 heavy (non-hydrogen) atoms. The molecular weight excluding hydrogens is 378 g/mol. The van der Waals surface area contributed by atoms with Gasteiger partial charge in [-0.2, -0.15) is 0 Å². The molecule has 1 amide bonds. The van der Waals surface area contributed by atoms with Crippen LogP contribution in [0.15, 0.2) is 42.5 Å². The molecular formula is C25H27NO4. The van der Waals surface area contributed by atoms with Crippen molar-refractivity contribution in [3.05, 3.63) is 70.3 Å². The van der Waals surface area contributed by atoms with E-state index in [-0.39, 0.29) is 37.2 Å². The molecule has 0 unspecified atom stereocenters. The van der Waals surface area contributed by atoms with Gasteiger partial charge in [0, 0.05) is 12.0 Å². The zero-order chi connectivity index (χ0) is 20.9. The summed E-state index contributed by atoms with van der Waals surface area (Å²) in [6.45, 7) is -0.315. The lowest BCUT2D eigenvalue weighted by Crippen LogP contribution is -2.34. The van der Waals surface area contributed by atoms with Crippen molar-refractivity contribution < 1.29 is 19.1 Å². The number of esters is 1. The van der Waals surface area contributed by atoms with Crippen LogP contribution in [0.2, 0.25) is 0 Å². The topological polar surface area (TPSA) is 72.5 Å². The lowest BCUT2D eigenvalue weighted by Gasteiger charge is -2.26. The molecule has 0 aliphatic heterocycles. The van der Waals surface area contributed by atoms with Gasteiger partial charge in [-0.05, 0) is 66.8 Å². The summed E-state index contributed by atoms with van der Waals surface area (Å²) in [5, 5.41) is 2.96. The quantitative estimate of drug-likeness (QED) is 0.561. The minimum Gasteiger partial charge on any atom is -0.456 e. The van der Waals surface area contributed by atoms with E-state index in [1.165, 1.54) is 16.7 Å². The third-order valence-corrected chi connectivity index (χ3v) is 6.05. The molecule has 2 aromatic rings. The van der Waals surface area contributed by atoms with Gasteiger partial charge in [0.2, 0.25) is 0 Å². The van der Waals surface area contributed by atoms with Crippen LogP contribution in [0.25, 0.3) is 0 Å². The minimum absolute atomic E-state index is 0.0184. The fraction of sp³-hybridized carbons (Fsp3) is 0.400. The summed E-state index contributed by atoms with van der Waals surface area (Å²) in [7, 11) is 0. The van der Waals surface area contributed by atoms with E-state index < -0.39 is 5.97 Å². The van der Waals surface area contributed by atoms with Gasteiger partial charge in [0.15, 0.2) is 12.4 Å². The van der Waals surface area contributed by atoms with Gasteiger partial charge in [0.1, 0.15) is 0 Å². The molecule has 0 saturated carbocycles. The SMILES string of the molecule is O=C(COC(=O)CCC(=O)c1ccc2c(c1)CCC2)N[C@H]1CCCc2ccccc21. The Balaban J connectivity index is 1.21. The number of carbonyl (C=O) groups is 3. The van der Waals surface area contributed by atoms with Gasteiger partial charge in [0.25, 0.3) is 5.91 Å². The molecule has 0 saturated heterocycles. The summed E-state index contributed by atoms with van der Waals surface area (Å²) in [6.07, 6.45) is 6.22. The second-order valence-corrected chi connectivity index (χ2v) is 8.13. The van der Waals surface area contributed by atoms with Crippen molar-refractivity contribution in [2.24, 2.45) is 0 Å². The fourth-order valence-electron chi connectivity index (χ4n) is 4.46. The third-order valence-electron chi connectivity index (χ3n) is 6.05. The molecule has 2 aliphatic rings. The Kier molecular flexibility index (Phi) is 6.26. The van der Waals surface area contributed by atoms with Gasteiger partial charge in [0.05, 0.1) is 12.5 Å². The van der Waals surface area contributed by atoms with Gasteiger partial charge in [-0.1, -0.05) is 36.4 Å². The van der Waals surface area contributed by atoms with Crippen molar-refractivity contribution in [3.63, 3.8) is 0 Å². The zero-order valence-corrected chi connectivity index (χ0v) is 17.1. The van der Waals surface area contributed by atoms with Crippen LogP contribution in [0.3, 0.4) is 0 Å². The van der Waals surface area contributed by atoms with E-state index in [2.05, 4.69) is 11.4 Å². The van der Waals surface area contributed by atoms with E-state index in [9.17, 15) is 14.4 Å². The van der Waals surface area contributed by atoms with Crippen LogP contribution in [-0.4, -0.2) is 24.3 Å². The first-order chi connectivity index (χ1) is 14.6. The van der Waals surface area contributed by atoms with Gasteiger partial charge in [-0.3, -0.25) is 14.4 Å². The second kappa shape index (κ2) is 9.24. The maximum Gasteiger partial charge on any atom is 0.306 e. The van der Waals surface area contributed by atoms with Crippen molar-refractivity contribution >= 4 is 17.7 Å². The Labute approximate surface area is 176 Å². The summed E-state index contributed by atoms with van der Waals surface area (Å²) < 4.78 is 5.09. The van der Waals surface area contributed by atoms with Crippen LogP contribution in [0.5, 0.6) is 0 Å². The van der Waals surface area contributed by atoms with Crippen molar-refractivity contribution in [2.45, 2.75) is 57.4 Å². The summed E-state index contributed by atoms with van der Waals surface area (Å²) in [6, 6.07) is 13.9. The Hall–Kier alpha value is -2.95. The van der Waals surface area contributed by atoms with Crippen molar-refractivity contribution in [3.8, 4) is 0 Å². The second-order valence-electron chi connectivity index (χ2n) is 8.13. The molecule has 156 valence electrons. The third kappa shape index (κ3) is 4.78. The van der Waals surface area contributed by atoms with Crippen LogP contribution in [0.1, 0.15) is 70.8 Å². The summed E-state index contributed by atoms with van der Waals surface area (Å²) >= 11 is 0. The number of amides is 1. The highest BCUT2D eigenvalue weighted by Gasteiger charge is 2.22. The first-order valence-electron chi connectivity index (χ1n) is 10.8. The van der Waals surface area contributed by atoms with Crippen LogP contribution >= 0.6 is 0 Å². The fourth-order valence-corrected chi connectivity index (χ4v) is 4.46. The molecule has 0 heterocycles. The van der Waals surface area contributed by atoms with E-state index in [0.717, 1.165) is 44.1 Å². The number of Topliss-reactive ketones (excluding diaryl/α,β-unsaturated/α-hetero) is 1. The molecule has 0 radical (unpaired) electrons. The van der Waals surface area contributed by atoms with Gasteiger partial charge in [-0.15, -0.1) is 0 Å². The number of hydrogen-bond acceptors (Lipinski definition) is 4. The molecule has 0 bridgehead atoms. The van der Waals surface area contributed by atoms with E-state index in [4.69, 9.17) is 4.74 Å². The predicted molar refractivity (Wildman–Crippen MR) is 113 cm³/mol. The molecule has 4 rings (SSSR count). The smallest absolute Gasteiger partial charge is 0.306 e. The van der Waals surface area contributed by atoms with Crippen LogP contribution in [0.4, 0.5) is 0 Å². The predicted octanol–water partition coefficient (Wildman–Crippen LogP) is 3.88. The maximum atomic E-state index is 12.4. The molecule has 2 aliphatic carbocycles. The van der Waals surface area contributed by atoms with Gasteiger partial charge in [-0.25, -0.2) is 0 Å². The normalized spacial score (nSPS) is 17.0. The van der Waals surface area contributed by atoms with Crippen LogP contribution in [0, 0.1) is 0 Å². The Morgan fingerprint density at radius 3 is 2.60 bits per heavy atom. The van der Waals surface area contributed by atoms with Crippen LogP contribution < -0.4 is 5.32 Å². The molecule has 0 spiro atoms. The Bertz CT molecular complexity index is 965. The summed E-state index contributed by atoms with van der Waals surface area (Å²) in [4.78, 5) is 36.6. The average Bonchev–Trinajstić information content (AvgIpc) is 3.24. The van der Waals surface area contributed by atoms with E-state index in [1.807, 2.05) is 36.4 Å². The van der Waals surface area contributed by atoms with E-state index >= 15 is 0 Å². The number of benzene rings is 2. The average molecular weight is 405 g/mol. The van der Waals surface area contributed by atoms with Gasteiger partial charge >= 0.3 is 5.97 Å². The van der Waals surface area contributed by atoms with E-state index in [1.54, 1.807) is 0 Å². The largest absolute Gasteiger partial charge is 0.456 e. The van der Waals surface area contributed by atoms with Crippen molar-refractivity contribution in [1.82, 2.24) is 5.32 Å². The lowest BCUT2D eigenvalue weighted by atomic mass is 9.88. The number of ketones is 1. The number of aryl methyl sites for hydroxylation is 3.